The van der Waals surface area contributed by atoms with E-state index in [1.165, 1.54) is 0 Å². The molecule has 8 heteroatoms. The van der Waals surface area contributed by atoms with Gasteiger partial charge in [-0.2, -0.15) is 4.98 Å². The Morgan fingerprint density at radius 2 is 1.77 bits per heavy atom. The largest absolute Gasteiger partial charge is 0.497 e. The Kier molecular flexibility index (Phi) is 7.70. The van der Waals surface area contributed by atoms with Crippen LogP contribution in [-0.4, -0.2) is 40.4 Å². The number of hydrogen-bond acceptors (Lipinski definition) is 6. The standard InChI is InChI=1S/C27H32N4O3S/c1-6-33-22-13-9-20(10-14-22)25-29-26(34-30-25)23-18(4)31(16-15-17(2)3)27(35)28-24(23)19-7-11-21(32-5)12-8-19/h7-14,17,24H,6,15-16H2,1-5H3,(H,28,35). The van der Waals surface area contributed by atoms with Crippen molar-refractivity contribution in [2.24, 2.45) is 5.92 Å². The fourth-order valence-electron chi connectivity index (χ4n) is 4.08. The van der Waals surface area contributed by atoms with Crippen molar-refractivity contribution in [2.45, 2.75) is 40.2 Å². The molecular formula is C27H32N4O3S. The molecule has 0 spiro atoms. The van der Waals surface area contributed by atoms with E-state index in [1.54, 1.807) is 7.11 Å². The summed E-state index contributed by atoms with van der Waals surface area (Å²) in [5.74, 6) is 3.16. The quantitative estimate of drug-likeness (QED) is 0.373. The number of benzene rings is 2. The van der Waals surface area contributed by atoms with Crippen LogP contribution in [0.15, 0.2) is 58.8 Å². The number of nitrogens with one attached hydrogen (secondary N) is 1. The van der Waals surface area contributed by atoms with Gasteiger partial charge < -0.3 is 24.2 Å². The Balaban J connectivity index is 1.73. The van der Waals surface area contributed by atoms with Crippen LogP contribution in [0.25, 0.3) is 17.0 Å². The number of methoxy groups -OCH3 is 1. The van der Waals surface area contributed by atoms with Gasteiger partial charge in [-0.05, 0) is 80.4 Å². The van der Waals surface area contributed by atoms with Crippen LogP contribution in [-0.2, 0) is 0 Å². The number of allylic oxidation sites excluding steroid dienone is 1. The van der Waals surface area contributed by atoms with E-state index in [9.17, 15) is 0 Å². The average Bonchev–Trinajstić information content (AvgIpc) is 3.34. The van der Waals surface area contributed by atoms with Crippen LogP contribution in [0.5, 0.6) is 11.5 Å². The normalized spacial score (nSPS) is 16.0. The zero-order valence-electron chi connectivity index (χ0n) is 20.9. The Bertz CT molecular complexity index is 1190. The van der Waals surface area contributed by atoms with Crippen LogP contribution in [0.3, 0.4) is 0 Å². The maximum Gasteiger partial charge on any atom is 0.258 e. The van der Waals surface area contributed by atoms with Gasteiger partial charge in [-0.1, -0.05) is 31.1 Å². The summed E-state index contributed by atoms with van der Waals surface area (Å²) in [5, 5.41) is 8.49. The predicted octanol–water partition coefficient (Wildman–Crippen LogP) is 5.85. The van der Waals surface area contributed by atoms with Crippen LogP contribution >= 0.6 is 12.2 Å². The van der Waals surface area contributed by atoms with Gasteiger partial charge in [0.15, 0.2) is 5.11 Å². The Hall–Kier alpha value is -3.39. The highest BCUT2D eigenvalue weighted by Gasteiger charge is 2.34. The molecule has 1 aliphatic rings. The van der Waals surface area contributed by atoms with Crippen LogP contribution in [0, 0.1) is 5.92 Å². The second kappa shape index (κ2) is 10.9. The first-order valence-electron chi connectivity index (χ1n) is 11.9. The summed E-state index contributed by atoms with van der Waals surface area (Å²) in [6.07, 6.45) is 1.01. The molecule has 1 atom stereocenters. The van der Waals surface area contributed by atoms with E-state index in [0.717, 1.165) is 46.9 Å². The van der Waals surface area contributed by atoms with Crippen molar-refractivity contribution in [2.75, 3.05) is 20.3 Å². The molecule has 35 heavy (non-hydrogen) atoms. The molecule has 0 aliphatic carbocycles. The van der Waals surface area contributed by atoms with Gasteiger partial charge in [0.05, 0.1) is 25.3 Å². The fourth-order valence-corrected chi connectivity index (χ4v) is 4.42. The molecule has 2 heterocycles. The summed E-state index contributed by atoms with van der Waals surface area (Å²) >= 11 is 5.78. The lowest BCUT2D eigenvalue weighted by atomic mass is 9.94. The van der Waals surface area contributed by atoms with Crippen LogP contribution in [0.4, 0.5) is 0 Å². The number of ether oxygens (including phenoxy) is 2. The highest BCUT2D eigenvalue weighted by Crippen LogP contribution is 2.38. The van der Waals surface area contributed by atoms with E-state index in [0.29, 0.717) is 29.4 Å². The first-order chi connectivity index (χ1) is 16.9. The number of hydrogen-bond donors (Lipinski definition) is 1. The van der Waals surface area contributed by atoms with Crippen LogP contribution < -0.4 is 14.8 Å². The van der Waals surface area contributed by atoms with E-state index >= 15 is 0 Å². The number of nitrogens with zero attached hydrogens (tertiary/aromatic N) is 3. The van der Waals surface area contributed by atoms with Crippen molar-refractivity contribution < 1.29 is 14.0 Å². The second-order valence-electron chi connectivity index (χ2n) is 8.87. The first kappa shape index (κ1) is 24.7. The van der Waals surface area contributed by atoms with Crippen molar-refractivity contribution in [1.82, 2.24) is 20.4 Å². The lowest BCUT2D eigenvalue weighted by Crippen LogP contribution is -2.46. The van der Waals surface area contributed by atoms with Gasteiger partial charge in [0, 0.05) is 17.8 Å². The highest BCUT2D eigenvalue weighted by atomic mass is 32.1. The first-order valence-corrected chi connectivity index (χ1v) is 12.3. The SMILES string of the molecule is CCOc1ccc(-c2noc(C3=C(C)N(CCC(C)C)C(=S)NC3c3ccc(OC)cc3)n2)cc1. The Labute approximate surface area is 212 Å². The molecule has 0 bridgehead atoms. The van der Waals surface area contributed by atoms with Gasteiger partial charge in [-0.3, -0.25) is 0 Å². The monoisotopic (exact) mass is 492 g/mol. The molecule has 0 radical (unpaired) electrons. The van der Waals surface area contributed by atoms with Gasteiger partial charge in [0.1, 0.15) is 11.5 Å². The molecular weight excluding hydrogens is 460 g/mol. The number of rotatable bonds is 9. The number of thiocarbonyl (C=S) groups is 1. The van der Waals surface area contributed by atoms with E-state index in [2.05, 4.69) is 36.1 Å². The van der Waals surface area contributed by atoms with E-state index in [4.69, 9.17) is 31.2 Å². The smallest absolute Gasteiger partial charge is 0.258 e. The van der Waals surface area contributed by atoms with Gasteiger partial charge >= 0.3 is 0 Å². The lowest BCUT2D eigenvalue weighted by Gasteiger charge is -2.37. The van der Waals surface area contributed by atoms with Crippen molar-refractivity contribution >= 4 is 22.9 Å². The molecule has 2 aromatic carbocycles. The predicted molar refractivity (Wildman–Crippen MR) is 141 cm³/mol. The van der Waals surface area contributed by atoms with Gasteiger partial charge in [-0.25, -0.2) is 0 Å². The van der Waals surface area contributed by atoms with Crippen molar-refractivity contribution in [1.29, 1.82) is 0 Å². The third-order valence-electron chi connectivity index (χ3n) is 6.06. The summed E-state index contributed by atoms with van der Waals surface area (Å²) in [4.78, 5) is 6.91. The van der Waals surface area contributed by atoms with Crippen molar-refractivity contribution in [3.05, 3.63) is 65.7 Å². The minimum Gasteiger partial charge on any atom is -0.497 e. The maximum atomic E-state index is 5.83. The summed E-state index contributed by atoms with van der Waals surface area (Å²) in [7, 11) is 1.66. The van der Waals surface area contributed by atoms with Crippen LogP contribution in [0.1, 0.15) is 51.6 Å². The third kappa shape index (κ3) is 5.48. The number of aromatic nitrogens is 2. The molecule has 1 N–H and O–H groups in total. The molecule has 0 saturated carbocycles. The summed E-state index contributed by atoms with van der Waals surface area (Å²) < 4.78 is 16.7. The molecule has 184 valence electrons. The zero-order valence-corrected chi connectivity index (χ0v) is 21.7. The second-order valence-corrected chi connectivity index (χ2v) is 9.26. The Morgan fingerprint density at radius 3 is 2.40 bits per heavy atom. The minimum absolute atomic E-state index is 0.225. The van der Waals surface area contributed by atoms with E-state index in [1.807, 2.05) is 55.5 Å². The summed E-state index contributed by atoms with van der Waals surface area (Å²) in [5.41, 5.74) is 3.82. The van der Waals surface area contributed by atoms with Gasteiger partial charge in [0.25, 0.3) is 5.89 Å². The molecule has 4 rings (SSSR count). The third-order valence-corrected chi connectivity index (χ3v) is 6.39. The highest BCUT2D eigenvalue weighted by molar-refractivity contribution is 7.80. The fraction of sp³-hybridized carbons (Fsp3) is 0.370. The summed E-state index contributed by atoms with van der Waals surface area (Å²) in [6.45, 7) is 9.88. The van der Waals surface area contributed by atoms with Gasteiger partial charge in [-0.15, -0.1) is 0 Å². The summed E-state index contributed by atoms with van der Waals surface area (Å²) in [6, 6.07) is 15.4. The molecule has 0 saturated heterocycles. The van der Waals surface area contributed by atoms with Crippen LogP contribution in [0.2, 0.25) is 0 Å². The maximum absolute atomic E-state index is 5.83. The minimum atomic E-state index is -0.225. The average molecular weight is 493 g/mol. The molecule has 0 fully saturated rings. The zero-order chi connectivity index (χ0) is 24.9. The Morgan fingerprint density at radius 1 is 1.09 bits per heavy atom. The topological polar surface area (TPSA) is 72.7 Å². The molecule has 3 aromatic rings. The molecule has 7 nitrogen and oxygen atoms in total. The molecule has 1 unspecified atom stereocenters. The van der Waals surface area contributed by atoms with Gasteiger partial charge in [0.2, 0.25) is 5.82 Å². The molecule has 1 aromatic heterocycles. The van der Waals surface area contributed by atoms with Crippen molar-refractivity contribution in [3.63, 3.8) is 0 Å². The molecule has 1 aliphatic heterocycles. The lowest BCUT2D eigenvalue weighted by molar-refractivity contribution is 0.340. The van der Waals surface area contributed by atoms with E-state index in [-0.39, 0.29) is 6.04 Å². The molecule has 0 amide bonds. The van der Waals surface area contributed by atoms with Crippen molar-refractivity contribution in [3.8, 4) is 22.9 Å². The van der Waals surface area contributed by atoms with E-state index < -0.39 is 0 Å².